The molecule has 0 saturated heterocycles. The summed E-state index contributed by atoms with van der Waals surface area (Å²) in [6.07, 6.45) is 1.30. The Morgan fingerprint density at radius 3 is 2.22 bits per heavy atom. The van der Waals surface area contributed by atoms with Crippen molar-refractivity contribution in [3.8, 4) is 6.07 Å². The summed E-state index contributed by atoms with van der Waals surface area (Å²) in [7, 11) is -3.83. The molecule has 2 rings (SSSR count). The zero-order valence-electron chi connectivity index (χ0n) is 11.6. The van der Waals surface area contributed by atoms with E-state index in [9.17, 15) is 13.7 Å². The van der Waals surface area contributed by atoms with Crippen LogP contribution in [0.2, 0.25) is 15.1 Å². The molecule has 0 aliphatic heterocycles. The topological polar surface area (TPSA) is 57.9 Å². The molecule has 3 nitrogen and oxygen atoms in total. The van der Waals surface area contributed by atoms with Crippen LogP contribution in [0.5, 0.6) is 0 Å². The molecule has 2 aromatic carbocycles. The summed E-state index contributed by atoms with van der Waals surface area (Å²) < 4.78 is 24.9. The standard InChI is InChI=1S/C16H10Cl3NO2S/c17-13-4-1-11(2-5-13)7-15(9-20)23(21,22)10-12-3-6-14(18)8-16(12)19/h1-8H,10H2/b15-7-. The van der Waals surface area contributed by atoms with Crippen LogP contribution < -0.4 is 0 Å². The maximum absolute atomic E-state index is 12.4. The molecule has 0 radical (unpaired) electrons. The van der Waals surface area contributed by atoms with E-state index in [1.54, 1.807) is 36.4 Å². The SMILES string of the molecule is N#C/C(=C/c1ccc(Cl)cc1)S(=O)(=O)Cc1ccc(Cl)cc1Cl. The average molecular weight is 387 g/mol. The van der Waals surface area contributed by atoms with Crippen LogP contribution >= 0.6 is 34.8 Å². The first-order chi connectivity index (χ1) is 10.8. The predicted octanol–water partition coefficient (Wildman–Crippen LogP) is 5.13. The number of rotatable bonds is 4. The van der Waals surface area contributed by atoms with Gasteiger partial charge in [0.05, 0.1) is 5.75 Å². The summed E-state index contributed by atoms with van der Waals surface area (Å²) in [5, 5.41) is 10.4. The summed E-state index contributed by atoms with van der Waals surface area (Å²) in [6.45, 7) is 0. The van der Waals surface area contributed by atoms with Gasteiger partial charge < -0.3 is 0 Å². The second-order valence-electron chi connectivity index (χ2n) is 4.67. The Labute approximate surface area is 149 Å². The van der Waals surface area contributed by atoms with E-state index in [-0.39, 0.29) is 15.7 Å². The van der Waals surface area contributed by atoms with Crippen molar-refractivity contribution >= 4 is 50.7 Å². The van der Waals surface area contributed by atoms with Crippen molar-refractivity contribution in [1.82, 2.24) is 0 Å². The molecule has 0 heterocycles. The second kappa shape index (κ2) is 7.37. The normalized spacial score (nSPS) is 12.0. The number of nitriles is 1. The Morgan fingerprint density at radius 2 is 1.65 bits per heavy atom. The fourth-order valence-electron chi connectivity index (χ4n) is 1.82. The molecule has 118 valence electrons. The first kappa shape index (κ1) is 17.8. The highest BCUT2D eigenvalue weighted by Crippen LogP contribution is 2.25. The third-order valence-electron chi connectivity index (χ3n) is 2.97. The third-order valence-corrected chi connectivity index (χ3v) is 5.38. The molecule has 0 unspecified atom stereocenters. The lowest BCUT2D eigenvalue weighted by molar-refractivity contribution is 0.602. The van der Waals surface area contributed by atoms with Gasteiger partial charge >= 0.3 is 0 Å². The van der Waals surface area contributed by atoms with Crippen molar-refractivity contribution in [1.29, 1.82) is 5.26 Å². The van der Waals surface area contributed by atoms with Gasteiger partial charge in [-0.2, -0.15) is 5.26 Å². The summed E-state index contributed by atoms with van der Waals surface area (Å²) >= 11 is 17.6. The van der Waals surface area contributed by atoms with Gasteiger partial charge in [-0.25, -0.2) is 8.42 Å². The zero-order chi connectivity index (χ0) is 17.0. The van der Waals surface area contributed by atoms with Crippen molar-refractivity contribution < 1.29 is 8.42 Å². The number of sulfone groups is 1. The first-order valence-corrected chi connectivity index (χ1v) is 9.14. The van der Waals surface area contributed by atoms with E-state index in [4.69, 9.17) is 34.8 Å². The van der Waals surface area contributed by atoms with E-state index >= 15 is 0 Å². The third kappa shape index (κ3) is 4.73. The van der Waals surface area contributed by atoms with Gasteiger partial charge in [0, 0.05) is 15.1 Å². The minimum Gasteiger partial charge on any atom is -0.223 e. The summed E-state index contributed by atoms with van der Waals surface area (Å²) in [6, 6.07) is 12.8. The van der Waals surface area contributed by atoms with Crippen LogP contribution in [0.1, 0.15) is 11.1 Å². The molecule has 23 heavy (non-hydrogen) atoms. The van der Waals surface area contributed by atoms with Crippen molar-refractivity contribution in [2.75, 3.05) is 0 Å². The molecule has 7 heteroatoms. The largest absolute Gasteiger partial charge is 0.223 e. The van der Waals surface area contributed by atoms with Gasteiger partial charge in [-0.3, -0.25) is 0 Å². The summed E-state index contributed by atoms with van der Waals surface area (Å²) in [5.41, 5.74) is 0.949. The molecule has 0 aliphatic carbocycles. The smallest absolute Gasteiger partial charge is 0.192 e. The monoisotopic (exact) mass is 385 g/mol. The fraction of sp³-hybridized carbons (Fsp3) is 0.0625. The van der Waals surface area contributed by atoms with Crippen LogP contribution in [-0.4, -0.2) is 8.42 Å². The van der Waals surface area contributed by atoms with Crippen LogP contribution in [0.15, 0.2) is 47.4 Å². The quantitative estimate of drug-likeness (QED) is 0.685. The molecule has 0 saturated carbocycles. The van der Waals surface area contributed by atoms with E-state index in [1.807, 2.05) is 0 Å². The molecule has 0 aliphatic rings. The fourth-order valence-corrected chi connectivity index (χ4v) is 3.78. The van der Waals surface area contributed by atoms with Crippen molar-refractivity contribution in [2.45, 2.75) is 5.75 Å². The Balaban J connectivity index is 2.36. The summed E-state index contributed by atoms with van der Waals surface area (Å²) in [4.78, 5) is -0.342. The van der Waals surface area contributed by atoms with Gasteiger partial charge in [-0.05, 0) is 41.5 Å². The van der Waals surface area contributed by atoms with Crippen LogP contribution in [0.25, 0.3) is 6.08 Å². The van der Waals surface area contributed by atoms with Crippen molar-refractivity contribution in [3.05, 3.63) is 73.6 Å². The predicted molar refractivity (Wildman–Crippen MR) is 94.1 cm³/mol. The van der Waals surface area contributed by atoms with Gasteiger partial charge in [0.2, 0.25) is 0 Å². The van der Waals surface area contributed by atoms with E-state index in [0.29, 0.717) is 21.2 Å². The molecule has 0 bridgehead atoms. The molecule has 0 aromatic heterocycles. The molecule has 0 atom stereocenters. The van der Waals surface area contributed by atoms with Crippen LogP contribution in [0.3, 0.4) is 0 Å². The van der Waals surface area contributed by atoms with E-state index in [1.165, 1.54) is 18.2 Å². The van der Waals surface area contributed by atoms with Crippen molar-refractivity contribution in [2.24, 2.45) is 0 Å². The van der Waals surface area contributed by atoms with E-state index < -0.39 is 9.84 Å². The molecule has 0 fully saturated rings. The van der Waals surface area contributed by atoms with Gasteiger partial charge in [-0.15, -0.1) is 0 Å². The highest BCUT2D eigenvalue weighted by molar-refractivity contribution is 7.95. The minimum absolute atomic E-state index is 0.241. The zero-order valence-corrected chi connectivity index (χ0v) is 14.7. The number of benzene rings is 2. The minimum atomic E-state index is -3.83. The highest BCUT2D eigenvalue weighted by atomic mass is 35.5. The first-order valence-electron chi connectivity index (χ1n) is 6.36. The highest BCUT2D eigenvalue weighted by Gasteiger charge is 2.20. The van der Waals surface area contributed by atoms with Crippen molar-refractivity contribution in [3.63, 3.8) is 0 Å². The number of hydrogen-bond acceptors (Lipinski definition) is 3. The Bertz CT molecular complexity index is 898. The van der Waals surface area contributed by atoms with Gasteiger partial charge in [-0.1, -0.05) is 53.0 Å². The Kier molecular flexibility index (Phi) is 5.72. The van der Waals surface area contributed by atoms with Crippen LogP contribution in [0, 0.1) is 11.3 Å². The lowest BCUT2D eigenvalue weighted by Crippen LogP contribution is -2.07. The van der Waals surface area contributed by atoms with Gasteiger partial charge in [0.25, 0.3) is 0 Å². The Hall–Kier alpha value is -1.51. The molecule has 0 N–H and O–H groups in total. The maximum atomic E-state index is 12.4. The summed E-state index contributed by atoms with van der Waals surface area (Å²) in [5.74, 6) is -0.379. The van der Waals surface area contributed by atoms with Gasteiger partial charge in [0.15, 0.2) is 9.84 Å². The second-order valence-corrected chi connectivity index (χ2v) is 7.90. The lowest BCUT2D eigenvalue weighted by Gasteiger charge is -2.06. The number of allylic oxidation sites excluding steroid dienone is 1. The lowest BCUT2D eigenvalue weighted by atomic mass is 10.2. The maximum Gasteiger partial charge on any atom is 0.192 e. The Morgan fingerprint density at radius 1 is 1.04 bits per heavy atom. The van der Waals surface area contributed by atoms with Crippen LogP contribution in [-0.2, 0) is 15.6 Å². The van der Waals surface area contributed by atoms with Gasteiger partial charge in [0.1, 0.15) is 11.0 Å². The van der Waals surface area contributed by atoms with E-state index in [0.717, 1.165) is 0 Å². The number of nitrogens with zero attached hydrogens (tertiary/aromatic N) is 1. The molecule has 0 amide bonds. The number of halogens is 3. The van der Waals surface area contributed by atoms with E-state index in [2.05, 4.69) is 0 Å². The molecular weight excluding hydrogens is 377 g/mol. The average Bonchev–Trinajstić information content (AvgIpc) is 2.49. The molecular formula is C16H10Cl3NO2S. The molecule has 2 aromatic rings. The van der Waals surface area contributed by atoms with Crippen LogP contribution in [0.4, 0.5) is 0 Å². The molecule has 0 spiro atoms. The number of hydrogen-bond donors (Lipinski definition) is 0.